The van der Waals surface area contributed by atoms with Crippen LogP contribution in [0.3, 0.4) is 0 Å². The molecule has 2 aliphatic carbocycles. The van der Waals surface area contributed by atoms with Crippen molar-refractivity contribution in [2.45, 2.75) is 57.0 Å². The molecule has 6 rings (SSSR count). The molecule has 0 unspecified atom stereocenters. The Labute approximate surface area is 203 Å². The molecule has 0 aliphatic heterocycles. The van der Waals surface area contributed by atoms with Crippen LogP contribution < -0.4 is 10.6 Å². The van der Waals surface area contributed by atoms with Crippen molar-refractivity contribution in [3.8, 4) is 0 Å². The van der Waals surface area contributed by atoms with Crippen LogP contribution in [0.25, 0.3) is 5.65 Å². The third-order valence-electron chi connectivity index (χ3n) is 7.48. The summed E-state index contributed by atoms with van der Waals surface area (Å²) in [6, 6.07) is 3.90. The van der Waals surface area contributed by atoms with Gasteiger partial charge >= 0.3 is 0 Å². The Bertz CT molecular complexity index is 1410. The third-order valence-corrected chi connectivity index (χ3v) is 7.48. The van der Waals surface area contributed by atoms with Crippen molar-refractivity contribution in [2.75, 3.05) is 5.32 Å². The predicted molar refractivity (Wildman–Crippen MR) is 130 cm³/mol. The largest absolute Gasteiger partial charge is 0.320 e. The molecule has 4 heterocycles. The van der Waals surface area contributed by atoms with E-state index in [0.29, 0.717) is 29.4 Å². The van der Waals surface area contributed by atoms with Crippen molar-refractivity contribution in [1.29, 1.82) is 0 Å². The van der Waals surface area contributed by atoms with Crippen LogP contribution in [0.4, 0.5) is 5.69 Å². The Hall–Kier alpha value is -3.66. The maximum Gasteiger partial charge on any atom is 0.259 e. The molecule has 2 fully saturated rings. The van der Waals surface area contributed by atoms with Gasteiger partial charge in [-0.2, -0.15) is 5.10 Å². The monoisotopic (exact) mass is 471 g/mol. The lowest BCUT2D eigenvalue weighted by molar-refractivity contribution is 0.102. The van der Waals surface area contributed by atoms with E-state index < -0.39 is 0 Å². The fourth-order valence-electron chi connectivity index (χ4n) is 5.29. The average Bonchev–Trinajstić information content (AvgIpc) is 3.18. The zero-order valence-electron chi connectivity index (χ0n) is 20.2. The van der Waals surface area contributed by atoms with E-state index in [1.165, 1.54) is 19.2 Å². The summed E-state index contributed by atoms with van der Waals surface area (Å²) in [6.45, 7) is 5.12. The van der Waals surface area contributed by atoms with Crippen molar-refractivity contribution in [2.24, 2.45) is 13.0 Å². The van der Waals surface area contributed by atoms with E-state index in [1.54, 1.807) is 17.0 Å². The van der Waals surface area contributed by atoms with Crippen molar-refractivity contribution >= 4 is 17.2 Å². The number of rotatable bonds is 7. The van der Waals surface area contributed by atoms with Gasteiger partial charge in [0.1, 0.15) is 18.5 Å². The molecule has 2 N–H and O–H groups in total. The topological polar surface area (TPSA) is 115 Å². The van der Waals surface area contributed by atoms with E-state index in [2.05, 4.69) is 49.7 Å². The average molecular weight is 472 g/mol. The van der Waals surface area contributed by atoms with E-state index in [9.17, 15) is 4.79 Å². The van der Waals surface area contributed by atoms with Gasteiger partial charge in [-0.05, 0) is 61.8 Å². The van der Waals surface area contributed by atoms with Crippen LogP contribution in [0, 0.1) is 5.92 Å². The number of nitrogens with zero attached hydrogens (tertiary/aromatic N) is 7. The summed E-state index contributed by atoms with van der Waals surface area (Å²) >= 11 is 0. The first-order valence-corrected chi connectivity index (χ1v) is 12.0. The van der Waals surface area contributed by atoms with Gasteiger partial charge in [0.25, 0.3) is 5.91 Å². The Morgan fingerprint density at radius 1 is 1.23 bits per heavy atom. The molecular formula is C25H29N9O. The number of aromatic nitrogens is 7. The molecule has 0 radical (unpaired) electrons. The van der Waals surface area contributed by atoms with Gasteiger partial charge in [0.05, 0.1) is 22.9 Å². The van der Waals surface area contributed by atoms with Gasteiger partial charge in [-0.3, -0.25) is 9.78 Å². The molecule has 10 heteroatoms. The van der Waals surface area contributed by atoms with E-state index in [1.807, 2.05) is 36.1 Å². The molecule has 10 nitrogen and oxygen atoms in total. The van der Waals surface area contributed by atoms with Gasteiger partial charge in [-0.15, -0.1) is 10.2 Å². The summed E-state index contributed by atoms with van der Waals surface area (Å²) < 4.78 is 3.63. The number of fused-ring (bicyclic) bond motifs is 1. The summed E-state index contributed by atoms with van der Waals surface area (Å²) in [5.74, 6) is 1.27. The zero-order chi connectivity index (χ0) is 24.2. The lowest BCUT2D eigenvalue weighted by atomic mass is 9.59. The molecule has 35 heavy (non-hydrogen) atoms. The minimum Gasteiger partial charge on any atom is -0.320 e. The Balaban J connectivity index is 1.29. The van der Waals surface area contributed by atoms with Crippen LogP contribution in [-0.2, 0) is 19.0 Å². The first-order valence-electron chi connectivity index (χ1n) is 12.0. The van der Waals surface area contributed by atoms with Crippen molar-refractivity contribution < 1.29 is 4.79 Å². The molecule has 0 spiro atoms. The number of anilines is 1. The third kappa shape index (κ3) is 3.87. The molecule has 0 atom stereocenters. The second kappa shape index (κ2) is 7.94. The molecule has 2 saturated carbocycles. The molecule has 1 amide bonds. The van der Waals surface area contributed by atoms with Crippen LogP contribution in [0.5, 0.6) is 0 Å². The van der Waals surface area contributed by atoms with Gasteiger partial charge in [0, 0.05) is 31.5 Å². The maximum absolute atomic E-state index is 13.4. The van der Waals surface area contributed by atoms with Crippen LogP contribution in [0.1, 0.15) is 66.8 Å². The van der Waals surface area contributed by atoms with E-state index in [0.717, 1.165) is 29.8 Å². The lowest BCUT2D eigenvalue weighted by Crippen LogP contribution is -2.43. The SMILES string of the molecule is CC1CC(c2cncc(NC(=O)c3cc(CNC4(C)CC4)cn4ncnc34)c2)(c2nncn2C)C1. The number of carbonyl (C=O) groups is 1. The normalized spacial score (nSPS) is 22.7. The minimum absolute atomic E-state index is 0.198. The quantitative estimate of drug-likeness (QED) is 0.426. The summed E-state index contributed by atoms with van der Waals surface area (Å²) in [6.07, 6.45) is 12.9. The minimum atomic E-state index is -0.247. The molecule has 0 saturated heterocycles. The lowest BCUT2D eigenvalue weighted by Gasteiger charge is -2.45. The summed E-state index contributed by atoms with van der Waals surface area (Å²) in [5.41, 5.74) is 3.61. The highest BCUT2D eigenvalue weighted by atomic mass is 16.1. The molecule has 4 aromatic heterocycles. The van der Waals surface area contributed by atoms with Gasteiger partial charge in [-0.25, -0.2) is 9.50 Å². The second-order valence-corrected chi connectivity index (χ2v) is 10.5. The Morgan fingerprint density at radius 3 is 2.77 bits per heavy atom. The molecule has 4 aromatic rings. The maximum atomic E-state index is 13.4. The summed E-state index contributed by atoms with van der Waals surface area (Å²) in [4.78, 5) is 22.2. The number of carbonyl (C=O) groups excluding carboxylic acids is 1. The summed E-state index contributed by atoms with van der Waals surface area (Å²) in [5, 5.41) is 19.4. The van der Waals surface area contributed by atoms with E-state index in [-0.39, 0.29) is 16.9 Å². The fraction of sp³-hybridized carbons (Fsp3) is 0.440. The van der Waals surface area contributed by atoms with Gasteiger partial charge in [0.2, 0.25) is 0 Å². The summed E-state index contributed by atoms with van der Waals surface area (Å²) in [7, 11) is 1.97. The molecule has 0 aromatic carbocycles. The Morgan fingerprint density at radius 2 is 2.06 bits per heavy atom. The highest BCUT2D eigenvalue weighted by Gasteiger charge is 2.48. The number of pyridine rings is 2. The van der Waals surface area contributed by atoms with Crippen LogP contribution in [0.2, 0.25) is 0 Å². The Kier molecular flexibility index (Phi) is 4.96. The zero-order valence-corrected chi connectivity index (χ0v) is 20.2. The van der Waals surface area contributed by atoms with Crippen LogP contribution in [-0.4, -0.2) is 45.8 Å². The first kappa shape index (κ1) is 21.8. The second-order valence-electron chi connectivity index (χ2n) is 10.5. The van der Waals surface area contributed by atoms with Crippen molar-refractivity contribution in [3.63, 3.8) is 0 Å². The van der Waals surface area contributed by atoms with Crippen LogP contribution >= 0.6 is 0 Å². The molecule has 0 bridgehead atoms. The number of nitrogens with one attached hydrogen (secondary N) is 2. The highest BCUT2D eigenvalue weighted by molar-refractivity contribution is 6.08. The first-order chi connectivity index (χ1) is 16.9. The standard InChI is InChI=1S/C25H29N9O/c1-16-8-25(9-16,23-32-29-15-33(23)3)18-7-19(12-26-11-18)31-22(35)20-6-17(10-28-24(2)4-5-24)13-34-21(20)27-14-30-34/h6-7,11-16,28H,4-5,8-10H2,1-3H3,(H,31,35). The van der Waals surface area contributed by atoms with Crippen LogP contribution in [0.15, 0.2) is 43.4 Å². The van der Waals surface area contributed by atoms with E-state index >= 15 is 0 Å². The fourth-order valence-corrected chi connectivity index (χ4v) is 5.29. The number of hydrogen-bond acceptors (Lipinski definition) is 7. The number of aryl methyl sites for hydroxylation is 1. The smallest absolute Gasteiger partial charge is 0.259 e. The van der Waals surface area contributed by atoms with Crippen molar-refractivity contribution in [3.05, 3.63) is 65.9 Å². The van der Waals surface area contributed by atoms with Crippen molar-refractivity contribution in [1.82, 2.24) is 39.7 Å². The predicted octanol–water partition coefficient (Wildman–Crippen LogP) is 2.86. The van der Waals surface area contributed by atoms with Gasteiger partial charge < -0.3 is 15.2 Å². The molecular weight excluding hydrogens is 442 g/mol. The highest BCUT2D eigenvalue weighted by Crippen LogP contribution is 2.51. The van der Waals surface area contributed by atoms with Gasteiger partial charge in [0.15, 0.2) is 5.65 Å². The number of hydrogen-bond donors (Lipinski definition) is 2. The molecule has 2 aliphatic rings. The molecule has 180 valence electrons. The van der Waals surface area contributed by atoms with E-state index in [4.69, 9.17) is 0 Å². The van der Waals surface area contributed by atoms with Gasteiger partial charge in [-0.1, -0.05) is 6.92 Å². The number of amides is 1.